The third kappa shape index (κ3) is 5.00. The van der Waals surface area contributed by atoms with Crippen LogP contribution in [-0.4, -0.2) is 62.9 Å². The van der Waals surface area contributed by atoms with Gasteiger partial charge in [0.25, 0.3) is 0 Å². The van der Waals surface area contributed by atoms with Gasteiger partial charge in [0.05, 0.1) is 31.5 Å². The summed E-state index contributed by atoms with van der Waals surface area (Å²) < 4.78 is 16.4. The predicted molar refractivity (Wildman–Crippen MR) is 72.2 cm³/mol. The molecule has 0 amide bonds. The van der Waals surface area contributed by atoms with E-state index < -0.39 is 6.10 Å². The van der Waals surface area contributed by atoms with Crippen LogP contribution in [0.4, 0.5) is 0 Å². The smallest absolute Gasteiger partial charge is 0.0897 e. The Kier molecular flexibility index (Phi) is 6.53. The zero-order valence-corrected chi connectivity index (χ0v) is 11.8. The number of hydrogen-bond donors (Lipinski definition) is 2. The number of rotatable bonds is 8. The summed E-state index contributed by atoms with van der Waals surface area (Å²) in [4.78, 5) is 0. The Morgan fingerprint density at radius 2 is 2.21 bits per heavy atom. The standard InChI is InChI=1S/C14H27NO4/c1-17-14-6-2-5-13(14)15-8-11(16)9-18-10-12-4-3-7-19-12/h11-16H,2-10H2,1H3. The topological polar surface area (TPSA) is 60.0 Å². The second-order valence-corrected chi connectivity index (χ2v) is 5.55. The zero-order valence-electron chi connectivity index (χ0n) is 11.8. The second-order valence-electron chi connectivity index (χ2n) is 5.55. The molecular weight excluding hydrogens is 246 g/mol. The summed E-state index contributed by atoms with van der Waals surface area (Å²) in [5.74, 6) is 0. The van der Waals surface area contributed by atoms with Gasteiger partial charge in [-0.1, -0.05) is 0 Å². The van der Waals surface area contributed by atoms with Gasteiger partial charge in [0.15, 0.2) is 0 Å². The number of nitrogens with one attached hydrogen (secondary N) is 1. The van der Waals surface area contributed by atoms with E-state index in [4.69, 9.17) is 14.2 Å². The molecule has 2 aliphatic rings. The number of aliphatic hydroxyl groups is 1. The van der Waals surface area contributed by atoms with Crippen molar-refractivity contribution in [1.29, 1.82) is 0 Å². The van der Waals surface area contributed by atoms with Crippen LogP contribution in [0.1, 0.15) is 32.1 Å². The van der Waals surface area contributed by atoms with Crippen LogP contribution in [0.2, 0.25) is 0 Å². The van der Waals surface area contributed by atoms with Gasteiger partial charge >= 0.3 is 0 Å². The molecule has 1 aliphatic carbocycles. The number of aliphatic hydroxyl groups excluding tert-OH is 1. The molecule has 0 aromatic rings. The van der Waals surface area contributed by atoms with E-state index >= 15 is 0 Å². The number of methoxy groups -OCH3 is 1. The van der Waals surface area contributed by atoms with Crippen LogP contribution >= 0.6 is 0 Å². The average molecular weight is 273 g/mol. The van der Waals surface area contributed by atoms with E-state index in [1.165, 1.54) is 6.42 Å². The molecule has 0 radical (unpaired) electrons. The van der Waals surface area contributed by atoms with Crippen molar-refractivity contribution in [1.82, 2.24) is 5.32 Å². The second kappa shape index (κ2) is 8.17. The van der Waals surface area contributed by atoms with E-state index in [0.717, 1.165) is 32.3 Å². The van der Waals surface area contributed by atoms with E-state index in [1.54, 1.807) is 7.11 Å². The van der Waals surface area contributed by atoms with Crippen LogP contribution < -0.4 is 5.32 Å². The molecular formula is C14H27NO4. The van der Waals surface area contributed by atoms with Gasteiger partial charge in [-0.25, -0.2) is 0 Å². The van der Waals surface area contributed by atoms with Crippen molar-refractivity contribution >= 4 is 0 Å². The van der Waals surface area contributed by atoms with E-state index in [0.29, 0.717) is 31.9 Å². The fourth-order valence-corrected chi connectivity index (χ4v) is 2.90. The van der Waals surface area contributed by atoms with Crippen LogP contribution in [0.5, 0.6) is 0 Å². The fraction of sp³-hybridized carbons (Fsp3) is 1.00. The molecule has 2 rings (SSSR count). The van der Waals surface area contributed by atoms with Gasteiger partial charge in [-0.2, -0.15) is 0 Å². The first-order chi connectivity index (χ1) is 9.29. The summed E-state index contributed by atoms with van der Waals surface area (Å²) in [7, 11) is 1.76. The van der Waals surface area contributed by atoms with Crippen LogP contribution in [-0.2, 0) is 14.2 Å². The molecule has 1 heterocycles. The molecule has 0 spiro atoms. The summed E-state index contributed by atoms with van der Waals surface area (Å²) in [6, 6.07) is 0.373. The predicted octanol–water partition coefficient (Wildman–Crippen LogP) is 0.700. The molecule has 1 saturated carbocycles. The highest BCUT2D eigenvalue weighted by Crippen LogP contribution is 2.21. The van der Waals surface area contributed by atoms with Gasteiger partial charge in [0.1, 0.15) is 0 Å². The Labute approximate surface area is 115 Å². The quantitative estimate of drug-likeness (QED) is 0.682. The maximum absolute atomic E-state index is 9.87. The van der Waals surface area contributed by atoms with Gasteiger partial charge < -0.3 is 24.6 Å². The minimum Gasteiger partial charge on any atom is -0.389 e. The van der Waals surface area contributed by atoms with E-state index in [-0.39, 0.29) is 6.10 Å². The van der Waals surface area contributed by atoms with Crippen LogP contribution in [0.15, 0.2) is 0 Å². The van der Waals surface area contributed by atoms with Crippen molar-refractivity contribution in [2.24, 2.45) is 0 Å². The molecule has 4 unspecified atom stereocenters. The third-order valence-corrected chi connectivity index (χ3v) is 4.01. The molecule has 5 nitrogen and oxygen atoms in total. The lowest BCUT2D eigenvalue weighted by Gasteiger charge is -2.21. The van der Waals surface area contributed by atoms with Gasteiger partial charge in [-0.15, -0.1) is 0 Å². The highest BCUT2D eigenvalue weighted by molar-refractivity contribution is 4.84. The normalized spacial score (nSPS) is 32.8. The van der Waals surface area contributed by atoms with Crippen molar-refractivity contribution in [2.45, 2.75) is 56.5 Å². The van der Waals surface area contributed by atoms with E-state index in [2.05, 4.69) is 5.32 Å². The van der Waals surface area contributed by atoms with Gasteiger partial charge in [0, 0.05) is 26.3 Å². The Morgan fingerprint density at radius 3 is 2.95 bits per heavy atom. The summed E-state index contributed by atoms with van der Waals surface area (Å²) >= 11 is 0. The molecule has 19 heavy (non-hydrogen) atoms. The Bertz CT molecular complexity index is 246. The maximum Gasteiger partial charge on any atom is 0.0897 e. The Hall–Kier alpha value is -0.200. The Morgan fingerprint density at radius 1 is 1.32 bits per heavy atom. The number of ether oxygens (including phenoxy) is 3. The van der Waals surface area contributed by atoms with Crippen molar-refractivity contribution in [3.63, 3.8) is 0 Å². The first-order valence-corrected chi connectivity index (χ1v) is 7.43. The fourth-order valence-electron chi connectivity index (χ4n) is 2.90. The first kappa shape index (κ1) is 15.2. The van der Waals surface area contributed by atoms with Crippen LogP contribution in [0.3, 0.4) is 0 Å². The lowest BCUT2D eigenvalue weighted by Crippen LogP contribution is -2.42. The molecule has 0 aromatic carbocycles. The largest absolute Gasteiger partial charge is 0.389 e. The molecule has 1 saturated heterocycles. The summed E-state index contributed by atoms with van der Waals surface area (Å²) in [5, 5.41) is 13.2. The molecule has 112 valence electrons. The summed E-state index contributed by atoms with van der Waals surface area (Å²) in [6.45, 7) is 2.38. The van der Waals surface area contributed by atoms with Crippen molar-refractivity contribution < 1.29 is 19.3 Å². The van der Waals surface area contributed by atoms with E-state index in [1.807, 2.05) is 0 Å². The highest BCUT2D eigenvalue weighted by Gasteiger charge is 2.27. The average Bonchev–Trinajstić information content (AvgIpc) is 3.07. The lowest BCUT2D eigenvalue weighted by atomic mass is 10.2. The maximum atomic E-state index is 9.87. The van der Waals surface area contributed by atoms with Crippen molar-refractivity contribution in [3.8, 4) is 0 Å². The molecule has 0 aromatic heterocycles. The third-order valence-electron chi connectivity index (χ3n) is 4.01. The Balaban J connectivity index is 1.52. The zero-order chi connectivity index (χ0) is 13.5. The number of hydrogen-bond acceptors (Lipinski definition) is 5. The highest BCUT2D eigenvalue weighted by atomic mass is 16.5. The monoisotopic (exact) mass is 273 g/mol. The van der Waals surface area contributed by atoms with Crippen LogP contribution in [0, 0.1) is 0 Å². The molecule has 2 fully saturated rings. The summed E-state index contributed by atoms with van der Waals surface area (Å²) in [6.07, 6.45) is 5.70. The summed E-state index contributed by atoms with van der Waals surface area (Å²) in [5.41, 5.74) is 0. The minimum absolute atomic E-state index is 0.230. The van der Waals surface area contributed by atoms with Gasteiger partial charge in [-0.3, -0.25) is 0 Å². The van der Waals surface area contributed by atoms with Crippen molar-refractivity contribution in [2.75, 3.05) is 33.5 Å². The SMILES string of the molecule is COC1CCCC1NCC(O)COCC1CCCO1. The van der Waals surface area contributed by atoms with Gasteiger partial charge in [-0.05, 0) is 32.1 Å². The molecule has 1 aliphatic heterocycles. The minimum atomic E-state index is -0.459. The molecule has 0 bridgehead atoms. The lowest BCUT2D eigenvalue weighted by molar-refractivity contribution is -0.0182. The first-order valence-electron chi connectivity index (χ1n) is 7.43. The molecule has 2 N–H and O–H groups in total. The molecule has 5 heteroatoms. The van der Waals surface area contributed by atoms with Gasteiger partial charge in [0.2, 0.25) is 0 Å². The molecule has 4 atom stereocenters. The van der Waals surface area contributed by atoms with E-state index in [9.17, 15) is 5.11 Å². The van der Waals surface area contributed by atoms with Crippen LogP contribution in [0.25, 0.3) is 0 Å². The van der Waals surface area contributed by atoms with Crippen molar-refractivity contribution in [3.05, 3.63) is 0 Å².